The first-order valence-electron chi connectivity index (χ1n) is 7.92. The molecular formula is C21H17N3. The second-order valence-electron chi connectivity index (χ2n) is 5.72. The molecule has 3 nitrogen and oxygen atoms in total. The molecule has 0 aliphatic heterocycles. The monoisotopic (exact) mass is 311 g/mol. The van der Waals surface area contributed by atoms with E-state index in [2.05, 4.69) is 29.2 Å². The molecule has 0 spiro atoms. The van der Waals surface area contributed by atoms with Gasteiger partial charge in [-0.3, -0.25) is 0 Å². The first-order chi connectivity index (χ1) is 11.8. The third-order valence-electron chi connectivity index (χ3n) is 4.00. The van der Waals surface area contributed by atoms with E-state index in [1.54, 1.807) is 0 Å². The van der Waals surface area contributed by atoms with Crippen LogP contribution in [0, 0.1) is 0 Å². The number of para-hydroxylation sites is 1. The molecule has 0 amide bonds. The Morgan fingerprint density at radius 1 is 0.792 bits per heavy atom. The molecule has 0 aliphatic carbocycles. The number of hydrogen-bond acceptors (Lipinski definition) is 2. The highest BCUT2D eigenvalue weighted by Crippen LogP contribution is 2.19. The third kappa shape index (κ3) is 2.84. The molecule has 0 N–H and O–H groups in total. The normalized spacial score (nSPS) is 11.4. The van der Waals surface area contributed by atoms with E-state index in [0.29, 0.717) is 0 Å². The van der Waals surface area contributed by atoms with Crippen LogP contribution >= 0.6 is 0 Å². The summed E-state index contributed by atoms with van der Waals surface area (Å²) in [4.78, 5) is 9.37. The zero-order valence-corrected chi connectivity index (χ0v) is 13.4. The van der Waals surface area contributed by atoms with Crippen molar-refractivity contribution in [2.24, 2.45) is 7.05 Å². The fraction of sp³-hybridized carbons (Fsp3) is 0.0476. The summed E-state index contributed by atoms with van der Waals surface area (Å²) in [6.45, 7) is 0. The minimum Gasteiger partial charge on any atom is -0.334 e. The molecule has 2 aromatic heterocycles. The number of aryl methyl sites for hydroxylation is 1. The molecule has 116 valence electrons. The van der Waals surface area contributed by atoms with Crippen LogP contribution in [-0.4, -0.2) is 14.5 Å². The van der Waals surface area contributed by atoms with Gasteiger partial charge in [0.15, 0.2) is 0 Å². The molecule has 2 heterocycles. The van der Waals surface area contributed by atoms with Crippen LogP contribution in [0.4, 0.5) is 0 Å². The maximum Gasteiger partial charge on any atom is 0.133 e. The van der Waals surface area contributed by atoms with Crippen molar-refractivity contribution in [1.29, 1.82) is 0 Å². The largest absolute Gasteiger partial charge is 0.334 e. The Bertz CT molecular complexity index is 1010. The summed E-state index contributed by atoms with van der Waals surface area (Å²) in [6.07, 6.45) is 6.05. The van der Waals surface area contributed by atoms with Crippen LogP contribution in [0.5, 0.6) is 0 Å². The Labute approximate surface area is 140 Å². The number of fused-ring (bicyclic) bond motifs is 1. The topological polar surface area (TPSA) is 30.7 Å². The van der Waals surface area contributed by atoms with E-state index >= 15 is 0 Å². The molecule has 0 fully saturated rings. The first kappa shape index (κ1) is 14.4. The SMILES string of the molecule is Cn1cc(-c2ccccc2)nc1/C=C/c1ccc2ccccc2n1. The van der Waals surface area contributed by atoms with Crippen LogP contribution in [0.25, 0.3) is 34.3 Å². The molecule has 0 unspecified atom stereocenters. The highest BCUT2D eigenvalue weighted by atomic mass is 15.0. The summed E-state index contributed by atoms with van der Waals surface area (Å²) in [6, 6.07) is 22.5. The minimum atomic E-state index is 0.906. The van der Waals surface area contributed by atoms with Crippen molar-refractivity contribution in [3.63, 3.8) is 0 Å². The Balaban J connectivity index is 1.64. The molecule has 3 heteroatoms. The van der Waals surface area contributed by atoms with Gasteiger partial charge in [0.25, 0.3) is 0 Å². The highest BCUT2D eigenvalue weighted by molar-refractivity contribution is 5.80. The van der Waals surface area contributed by atoms with Gasteiger partial charge in [-0.2, -0.15) is 0 Å². The van der Waals surface area contributed by atoms with Gasteiger partial charge in [-0.1, -0.05) is 54.6 Å². The third-order valence-corrected chi connectivity index (χ3v) is 4.00. The fourth-order valence-corrected chi connectivity index (χ4v) is 2.72. The van der Waals surface area contributed by atoms with Crippen molar-refractivity contribution >= 4 is 23.1 Å². The van der Waals surface area contributed by atoms with Crippen molar-refractivity contribution in [3.05, 3.63) is 84.4 Å². The molecule has 0 saturated heterocycles. The lowest BCUT2D eigenvalue weighted by molar-refractivity contribution is 0.898. The van der Waals surface area contributed by atoms with Gasteiger partial charge >= 0.3 is 0 Å². The van der Waals surface area contributed by atoms with E-state index in [1.165, 1.54) is 0 Å². The van der Waals surface area contributed by atoms with Crippen LogP contribution in [0.15, 0.2) is 72.9 Å². The number of aromatic nitrogens is 3. The fourth-order valence-electron chi connectivity index (χ4n) is 2.72. The molecule has 24 heavy (non-hydrogen) atoms. The van der Waals surface area contributed by atoms with Crippen LogP contribution < -0.4 is 0 Å². The summed E-state index contributed by atoms with van der Waals surface area (Å²) in [7, 11) is 2.01. The van der Waals surface area contributed by atoms with Crippen LogP contribution in [0.3, 0.4) is 0 Å². The number of imidazole rings is 1. The average molecular weight is 311 g/mol. The highest BCUT2D eigenvalue weighted by Gasteiger charge is 2.04. The van der Waals surface area contributed by atoms with Crippen molar-refractivity contribution in [2.45, 2.75) is 0 Å². The summed E-state index contributed by atoms with van der Waals surface area (Å²) in [5.41, 5.74) is 4.03. The lowest BCUT2D eigenvalue weighted by atomic mass is 10.2. The van der Waals surface area contributed by atoms with Gasteiger partial charge in [-0.15, -0.1) is 0 Å². The van der Waals surface area contributed by atoms with E-state index in [9.17, 15) is 0 Å². The molecule has 0 bridgehead atoms. The minimum absolute atomic E-state index is 0.906. The van der Waals surface area contributed by atoms with Gasteiger partial charge in [-0.25, -0.2) is 9.97 Å². The maximum absolute atomic E-state index is 4.71. The Morgan fingerprint density at radius 3 is 2.46 bits per heavy atom. The van der Waals surface area contributed by atoms with E-state index in [-0.39, 0.29) is 0 Å². The van der Waals surface area contributed by atoms with Crippen molar-refractivity contribution in [1.82, 2.24) is 14.5 Å². The van der Waals surface area contributed by atoms with Crippen molar-refractivity contribution < 1.29 is 0 Å². The van der Waals surface area contributed by atoms with Gasteiger partial charge in [0.1, 0.15) is 5.82 Å². The number of rotatable bonds is 3. The van der Waals surface area contributed by atoms with Crippen molar-refractivity contribution in [3.8, 4) is 11.3 Å². The van der Waals surface area contributed by atoms with Gasteiger partial charge < -0.3 is 4.57 Å². The molecule has 0 saturated carbocycles. The summed E-state index contributed by atoms with van der Waals surface area (Å²) in [5.74, 6) is 0.906. The second-order valence-corrected chi connectivity index (χ2v) is 5.72. The Morgan fingerprint density at radius 2 is 1.58 bits per heavy atom. The summed E-state index contributed by atoms with van der Waals surface area (Å²) >= 11 is 0. The molecule has 0 atom stereocenters. The lowest BCUT2D eigenvalue weighted by Crippen LogP contribution is -1.89. The average Bonchev–Trinajstić information content (AvgIpc) is 3.01. The summed E-state index contributed by atoms with van der Waals surface area (Å²) in [5, 5.41) is 1.15. The van der Waals surface area contributed by atoms with E-state index in [4.69, 9.17) is 4.98 Å². The quantitative estimate of drug-likeness (QED) is 0.544. The van der Waals surface area contributed by atoms with Gasteiger partial charge in [-0.05, 0) is 24.3 Å². The molecule has 4 aromatic rings. The summed E-state index contributed by atoms with van der Waals surface area (Å²) < 4.78 is 2.03. The Hall–Kier alpha value is -3.20. The van der Waals surface area contributed by atoms with Gasteiger partial charge in [0.2, 0.25) is 0 Å². The molecule has 0 radical (unpaired) electrons. The molecule has 2 aromatic carbocycles. The van der Waals surface area contributed by atoms with E-state index in [1.807, 2.05) is 72.4 Å². The predicted octanol–water partition coefficient (Wildman–Crippen LogP) is 4.81. The molecule has 4 rings (SSSR count). The van der Waals surface area contributed by atoms with Crippen LogP contribution in [0.2, 0.25) is 0 Å². The predicted molar refractivity (Wildman–Crippen MR) is 99.3 cm³/mol. The Kier molecular flexibility index (Phi) is 3.67. The second kappa shape index (κ2) is 6.13. The van der Waals surface area contributed by atoms with Crippen LogP contribution in [-0.2, 0) is 7.05 Å². The molecular weight excluding hydrogens is 294 g/mol. The van der Waals surface area contributed by atoms with E-state index in [0.717, 1.165) is 33.7 Å². The van der Waals surface area contributed by atoms with Gasteiger partial charge in [0.05, 0.1) is 16.9 Å². The number of benzene rings is 2. The first-order valence-corrected chi connectivity index (χ1v) is 7.92. The number of nitrogens with zero attached hydrogens (tertiary/aromatic N) is 3. The smallest absolute Gasteiger partial charge is 0.133 e. The number of pyridine rings is 1. The van der Waals surface area contributed by atoms with Gasteiger partial charge in [0, 0.05) is 24.2 Å². The maximum atomic E-state index is 4.71. The standard InChI is InChI=1S/C21H17N3/c1-24-15-20(16-7-3-2-4-8-16)23-21(24)14-13-18-12-11-17-9-5-6-10-19(17)22-18/h2-15H,1H3/b14-13+. The molecule has 0 aliphatic rings. The lowest BCUT2D eigenvalue weighted by Gasteiger charge is -1.98. The van der Waals surface area contributed by atoms with Crippen molar-refractivity contribution in [2.75, 3.05) is 0 Å². The van der Waals surface area contributed by atoms with Crippen LogP contribution in [0.1, 0.15) is 11.5 Å². The zero-order valence-electron chi connectivity index (χ0n) is 13.4. The zero-order chi connectivity index (χ0) is 16.4. The number of hydrogen-bond donors (Lipinski definition) is 0. The van der Waals surface area contributed by atoms with E-state index < -0.39 is 0 Å².